The minimum absolute atomic E-state index is 0.0245. The van der Waals surface area contributed by atoms with Crippen molar-refractivity contribution in [3.63, 3.8) is 0 Å². The summed E-state index contributed by atoms with van der Waals surface area (Å²) >= 11 is 2.99. The number of aromatic nitrogens is 3. The maximum atomic E-state index is 14.4. The van der Waals surface area contributed by atoms with Gasteiger partial charge in [0.05, 0.1) is 45.0 Å². The summed E-state index contributed by atoms with van der Waals surface area (Å²) in [5, 5.41) is 30.9. The highest BCUT2D eigenvalue weighted by Gasteiger charge is 2.45. The summed E-state index contributed by atoms with van der Waals surface area (Å²) in [4.78, 5) is 88.8. The standard InChI is InChI=1S/C60H65N9O8S2/c1-34-42(43-21-22-50(64-52(43)58(75)76)68-28-23-38-11-9-13-44(45(38)31-68)55(72)66-59-63-46-14-7-8-16-49(46)79-59)12-10-15-48(34)77-41-24-26-67(27-25-41)32-51(71)65-54(60(4,5)6)57(74)69-30-40(70)29-47(69)56(73)62-35(2)37-17-19-39(20-18-37)53-36(3)61-33-78-53/h7-22,33,35,40-41,47,54,70H,23-32H2,1-6H3,(H,62,73)(H,65,71)(H,75,76)(H,63,66,72). The first-order valence-electron chi connectivity index (χ1n) is 26.7. The van der Waals surface area contributed by atoms with Gasteiger partial charge in [-0.3, -0.25) is 29.4 Å². The van der Waals surface area contributed by atoms with Crippen molar-refractivity contribution in [3.05, 3.63) is 142 Å². The molecule has 7 aromatic rings. The number of ether oxygens (including phenoxy) is 1. The van der Waals surface area contributed by atoms with Gasteiger partial charge in [0.2, 0.25) is 17.7 Å². The van der Waals surface area contributed by atoms with Gasteiger partial charge in [0.15, 0.2) is 10.8 Å². The number of fused-ring (bicyclic) bond motifs is 2. The number of nitrogens with zero attached hydrogens (tertiary/aromatic N) is 6. The van der Waals surface area contributed by atoms with Gasteiger partial charge in [0.1, 0.15) is 29.8 Å². The zero-order chi connectivity index (χ0) is 55.7. The molecule has 17 nitrogen and oxygen atoms in total. The molecule has 2 fully saturated rings. The molecular formula is C60H65N9O8S2. The van der Waals surface area contributed by atoms with Crippen LogP contribution >= 0.6 is 22.7 Å². The summed E-state index contributed by atoms with van der Waals surface area (Å²) in [5.74, 6) is -1.43. The number of aliphatic hydroxyl groups excluding tert-OH is 1. The number of carbonyl (C=O) groups is 5. The number of para-hydroxylation sites is 1. The van der Waals surface area contributed by atoms with Crippen LogP contribution in [0.5, 0.6) is 5.75 Å². The lowest BCUT2D eigenvalue weighted by molar-refractivity contribution is -0.144. The van der Waals surface area contributed by atoms with Crippen LogP contribution in [0, 0.1) is 19.3 Å². The number of aromatic carboxylic acids is 1. The first-order chi connectivity index (χ1) is 37.9. The first kappa shape index (κ1) is 54.8. The summed E-state index contributed by atoms with van der Waals surface area (Å²) in [7, 11) is 0. The monoisotopic (exact) mass is 1100 g/mol. The quantitative estimate of drug-likeness (QED) is 0.0649. The van der Waals surface area contributed by atoms with E-state index in [4.69, 9.17) is 9.72 Å². The molecule has 0 spiro atoms. The number of amides is 4. The smallest absolute Gasteiger partial charge is 0.355 e. The molecule has 0 saturated carbocycles. The van der Waals surface area contributed by atoms with Gasteiger partial charge in [-0.1, -0.05) is 92.8 Å². The Labute approximate surface area is 467 Å². The van der Waals surface area contributed by atoms with E-state index in [0.29, 0.717) is 78.8 Å². The molecule has 5 N–H and O–H groups in total. The number of hydrogen-bond donors (Lipinski definition) is 5. The molecule has 4 atom stereocenters. The molecule has 4 amide bonds. The van der Waals surface area contributed by atoms with Gasteiger partial charge in [0.25, 0.3) is 5.91 Å². The molecule has 410 valence electrons. The van der Waals surface area contributed by atoms with Crippen molar-refractivity contribution in [1.82, 2.24) is 35.4 Å². The lowest BCUT2D eigenvalue weighted by Gasteiger charge is -2.36. The molecule has 10 rings (SSSR count). The van der Waals surface area contributed by atoms with Crippen LogP contribution in [0.25, 0.3) is 31.8 Å². The molecule has 3 aromatic heterocycles. The number of carboxylic acids is 1. The van der Waals surface area contributed by atoms with E-state index >= 15 is 0 Å². The van der Waals surface area contributed by atoms with Gasteiger partial charge >= 0.3 is 5.97 Å². The van der Waals surface area contributed by atoms with Gasteiger partial charge in [-0.2, -0.15) is 0 Å². The fraction of sp³-hybridized carbons (Fsp3) is 0.367. The van der Waals surface area contributed by atoms with Crippen LogP contribution in [-0.2, 0) is 27.3 Å². The Morgan fingerprint density at radius 2 is 1.62 bits per heavy atom. The van der Waals surface area contributed by atoms with E-state index < -0.39 is 35.5 Å². The van der Waals surface area contributed by atoms with E-state index in [1.165, 1.54) is 16.2 Å². The Hall–Kier alpha value is -7.58. The van der Waals surface area contributed by atoms with Gasteiger partial charge in [0, 0.05) is 50.3 Å². The van der Waals surface area contributed by atoms with E-state index in [1.54, 1.807) is 23.5 Å². The topological polar surface area (TPSA) is 220 Å². The van der Waals surface area contributed by atoms with Gasteiger partial charge < -0.3 is 35.4 Å². The number of rotatable bonds is 15. The van der Waals surface area contributed by atoms with E-state index in [1.807, 2.05) is 142 Å². The molecule has 4 unspecified atom stereocenters. The predicted molar refractivity (Wildman–Crippen MR) is 307 cm³/mol. The summed E-state index contributed by atoms with van der Waals surface area (Å²) in [6, 6.07) is 28.3. The normalized spacial score (nSPS) is 17.7. The second-order valence-corrected chi connectivity index (χ2v) is 23.7. The first-order valence-corrected chi connectivity index (χ1v) is 28.4. The third kappa shape index (κ3) is 12.0. The Balaban J connectivity index is 0.741. The lowest BCUT2D eigenvalue weighted by atomic mass is 9.85. The van der Waals surface area contributed by atoms with E-state index in [9.17, 15) is 34.2 Å². The average Bonchev–Trinajstić information content (AvgIpc) is 4.19. The van der Waals surface area contributed by atoms with Crippen molar-refractivity contribution in [2.75, 3.05) is 42.9 Å². The second kappa shape index (κ2) is 23.0. The zero-order valence-electron chi connectivity index (χ0n) is 45.1. The minimum Gasteiger partial charge on any atom is -0.490 e. The summed E-state index contributed by atoms with van der Waals surface area (Å²) in [6.07, 6.45) is 0.906. The molecular weight excluding hydrogens is 1040 g/mol. The lowest BCUT2D eigenvalue weighted by Crippen LogP contribution is -2.59. The van der Waals surface area contributed by atoms with Crippen molar-refractivity contribution in [3.8, 4) is 27.3 Å². The Kier molecular flexibility index (Phi) is 16.0. The van der Waals surface area contributed by atoms with Crippen molar-refractivity contribution < 1.29 is 38.9 Å². The van der Waals surface area contributed by atoms with Crippen molar-refractivity contribution in [2.45, 2.75) is 104 Å². The third-order valence-electron chi connectivity index (χ3n) is 15.3. The highest BCUT2D eigenvalue weighted by molar-refractivity contribution is 7.22. The number of hydrogen-bond acceptors (Lipinski definition) is 14. The van der Waals surface area contributed by atoms with Crippen molar-refractivity contribution in [1.29, 1.82) is 0 Å². The number of nitrogens with one attached hydrogen (secondary N) is 3. The molecule has 4 aromatic carbocycles. The number of aliphatic hydroxyl groups is 1. The number of carboxylic acid groups (broad SMARTS) is 1. The number of pyridine rings is 1. The molecule has 3 aliphatic rings. The fourth-order valence-electron chi connectivity index (χ4n) is 10.9. The number of carbonyl (C=O) groups excluding carboxylic acids is 4. The highest BCUT2D eigenvalue weighted by atomic mass is 32.1. The second-order valence-electron chi connectivity index (χ2n) is 21.8. The molecule has 0 bridgehead atoms. The molecule has 3 aliphatic heterocycles. The minimum atomic E-state index is -1.17. The van der Waals surface area contributed by atoms with Crippen LogP contribution in [0.1, 0.15) is 102 Å². The largest absolute Gasteiger partial charge is 0.490 e. The Morgan fingerprint density at radius 1 is 0.861 bits per heavy atom. The number of likely N-dealkylation sites (tertiary alicyclic amines) is 2. The number of β-amino-alcohol motifs (C(OH)–C–C–N with tert-alkyl or cyclic N) is 1. The van der Waals surface area contributed by atoms with Crippen LogP contribution in [0.4, 0.5) is 10.9 Å². The van der Waals surface area contributed by atoms with Crippen LogP contribution < -0.4 is 25.6 Å². The van der Waals surface area contributed by atoms with Crippen LogP contribution in [0.2, 0.25) is 0 Å². The summed E-state index contributed by atoms with van der Waals surface area (Å²) < 4.78 is 7.58. The van der Waals surface area contributed by atoms with Gasteiger partial charge in [-0.05, 0) is 115 Å². The summed E-state index contributed by atoms with van der Waals surface area (Å²) in [5.41, 5.74) is 9.05. The average molecular weight is 1100 g/mol. The van der Waals surface area contributed by atoms with Crippen LogP contribution in [0.3, 0.4) is 0 Å². The number of benzene rings is 4. The number of anilines is 2. The molecule has 79 heavy (non-hydrogen) atoms. The van der Waals surface area contributed by atoms with Crippen molar-refractivity contribution in [2.24, 2.45) is 5.41 Å². The van der Waals surface area contributed by atoms with Crippen LogP contribution in [0.15, 0.2) is 103 Å². The maximum absolute atomic E-state index is 14.4. The predicted octanol–water partition coefficient (Wildman–Crippen LogP) is 8.83. The van der Waals surface area contributed by atoms with E-state index in [-0.39, 0.29) is 55.1 Å². The Bertz CT molecular complexity index is 3410. The third-order valence-corrected chi connectivity index (χ3v) is 17.2. The van der Waals surface area contributed by atoms with Gasteiger partial charge in [-0.25, -0.2) is 19.7 Å². The number of piperidine rings is 1. The molecule has 19 heteroatoms. The molecule has 6 heterocycles. The van der Waals surface area contributed by atoms with E-state index in [0.717, 1.165) is 48.6 Å². The van der Waals surface area contributed by atoms with Gasteiger partial charge in [-0.15, -0.1) is 11.3 Å². The van der Waals surface area contributed by atoms with Crippen molar-refractivity contribution >= 4 is 73.4 Å². The molecule has 0 radical (unpaired) electrons. The summed E-state index contributed by atoms with van der Waals surface area (Å²) in [6.45, 7) is 13.5. The number of aryl methyl sites for hydroxylation is 1. The highest BCUT2D eigenvalue weighted by Crippen LogP contribution is 2.37. The fourth-order valence-corrected chi connectivity index (χ4v) is 12.6. The van der Waals surface area contributed by atoms with E-state index in [2.05, 4.69) is 25.9 Å². The molecule has 2 saturated heterocycles. The SMILES string of the molecule is Cc1ncsc1-c1ccc(C(C)NC(=O)C2CC(O)CN2C(=O)C(NC(=O)CN2CCC(Oc3cccc(-c4ccc(N5CCc6cccc(C(=O)Nc7nc8ccccc8s7)c6C5)nc4C(=O)O)c3C)CC2)C(C)(C)C)cc1. The zero-order valence-corrected chi connectivity index (χ0v) is 46.7. The maximum Gasteiger partial charge on any atom is 0.355 e. The Morgan fingerprint density at radius 3 is 2.34 bits per heavy atom. The van der Waals surface area contributed by atoms with Crippen LogP contribution in [-0.4, -0.2) is 122 Å². The molecule has 0 aliphatic carbocycles. The number of thiazole rings is 2.